The van der Waals surface area contributed by atoms with Crippen LogP contribution in [0.15, 0.2) is 0 Å². The molecule has 0 saturated carbocycles. The summed E-state index contributed by atoms with van der Waals surface area (Å²) in [5, 5.41) is 7.36. The van der Waals surface area contributed by atoms with Gasteiger partial charge < -0.3 is 16.6 Å². The summed E-state index contributed by atoms with van der Waals surface area (Å²) in [6, 6.07) is 0. The number of carbonyl (C=O) groups is 1. The van der Waals surface area contributed by atoms with Crippen LogP contribution in [0.5, 0.6) is 0 Å². The first-order valence-electron chi connectivity index (χ1n) is 3.84. The minimum Gasteiger partial charge on any atom is -0.480 e. The maximum absolute atomic E-state index is 10.7. The minimum atomic E-state index is -1.52. The number of carboxylic acids is 1. The van der Waals surface area contributed by atoms with Gasteiger partial charge in [-0.3, -0.25) is 4.79 Å². The number of alkyl halides is 2. The summed E-state index contributed by atoms with van der Waals surface area (Å²) < 4.78 is 0. The first-order valence-corrected chi connectivity index (χ1v) is 4.71. The molecule has 0 radical (unpaired) electrons. The number of hydrogen-bond donors (Lipinski definition) is 3. The highest BCUT2D eigenvalue weighted by atomic mass is 35.5. The van der Waals surface area contributed by atoms with E-state index in [2.05, 4.69) is 0 Å². The van der Waals surface area contributed by atoms with Gasteiger partial charge in [0.1, 0.15) is 5.54 Å². The van der Waals surface area contributed by atoms with E-state index >= 15 is 0 Å². The number of nitrogens with two attached hydrogens (primary N) is 2. The number of carboxylic acid groups (broad SMARTS) is 1. The molecule has 6 heteroatoms. The molecule has 0 aliphatic rings. The lowest BCUT2D eigenvalue weighted by molar-refractivity contribution is -0.142. The molecule has 0 aliphatic heterocycles. The summed E-state index contributed by atoms with van der Waals surface area (Å²) in [5.41, 5.74) is 9.21. The summed E-state index contributed by atoms with van der Waals surface area (Å²) >= 11 is 11.6. The summed E-state index contributed by atoms with van der Waals surface area (Å²) in [4.78, 5) is 10.7. The third-order valence-corrected chi connectivity index (χ3v) is 3.15. The van der Waals surface area contributed by atoms with Gasteiger partial charge in [-0.2, -0.15) is 0 Å². The Balaban J connectivity index is 4.39. The largest absolute Gasteiger partial charge is 0.480 e. The Morgan fingerprint density at radius 3 is 2.38 bits per heavy atom. The summed E-state index contributed by atoms with van der Waals surface area (Å²) in [6.45, 7) is 1.69. The molecule has 5 N–H and O–H groups in total. The van der Waals surface area contributed by atoms with Crippen LogP contribution < -0.4 is 11.5 Å². The van der Waals surface area contributed by atoms with Gasteiger partial charge in [0, 0.05) is 0 Å². The molecule has 13 heavy (non-hydrogen) atoms. The molecule has 78 valence electrons. The van der Waals surface area contributed by atoms with E-state index in [4.69, 9.17) is 39.8 Å². The fraction of sp³-hybridized carbons (Fsp3) is 0.857. The fourth-order valence-electron chi connectivity index (χ4n) is 0.799. The Kier molecular flexibility index (Phi) is 4.99. The highest BCUT2D eigenvalue weighted by molar-refractivity contribution is 6.31. The number of aliphatic carboxylic acids is 1. The Morgan fingerprint density at radius 1 is 1.62 bits per heavy atom. The van der Waals surface area contributed by atoms with E-state index < -0.39 is 22.3 Å². The lowest BCUT2D eigenvalue weighted by atomic mass is 9.95. The van der Waals surface area contributed by atoms with Crippen molar-refractivity contribution in [3.8, 4) is 0 Å². The van der Waals surface area contributed by atoms with E-state index in [1.807, 2.05) is 0 Å². The maximum Gasteiger partial charge on any atom is 0.324 e. The third-order valence-electron chi connectivity index (χ3n) is 1.79. The molecule has 0 rings (SSSR count). The Morgan fingerprint density at radius 2 is 2.08 bits per heavy atom. The van der Waals surface area contributed by atoms with Crippen molar-refractivity contribution in [2.75, 3.05) is 6.54 Å². The van der Waals surface area contributed by atoms with Crippen LogP contribution in [0.4, 0.5) is 0 Å². The van der Waals surface area contributed by atoms with E-state index in [1.165, 1.54) is 6.92 Å². The zero-order valence-electron chi connectivity index (χ0n) is 7.34. The molecule has 0 heterocycles. The second kappa shape index (κ2) is 5.00. The van der Waals surface area contributed by atoms with Crippen molar-refractivity contribution in [2.45, 2.75) is 29.6 Å². The van der Waals surface area contributed by atoms with E-state index in [-0.39, 0.29) is 0 Å². The fourth-order valence-corrected chi connectivity index (χ4v) is 1.41. The van der Waals surface area contributed by atoms with Crippen molar-refractivity contribution in [2.24, 2.45) is 11.5 Å². The Hall–Kier alpha value is -0.0300. The quantitative estimate of drug-likeness (QED) is 0.593. The predicted octanol–water partition coefficient (Wildman–Crippen LogP) is 0.352. The van der Waals surface area contributed by atoms with Crippen LogP contribution in [0.3, 0.4) is 0 Å². The highest BCUT2D eigenvalue weighted by Gasteiger charge is 2.40. The van der Waals surface area contributed by atoms with Gasteiger partial charge in [0.15, 0.2) is 0 Å². The molecule has 2 unspecified atom stereocenters. The van der Waals surface area contributed by atoms with Gasteiger partial charge in [0.05, 0.1) is 10.8 Å². The van der Waals surface area contributed by atoms with Gasteiger partial charge in [-0.1, -0.05) is 0 Å². The lowest BCUT2D eigenvalue weighted by Gasteiger charge is -2.28. The van der Waals surface area contributed by atoms with Crippen molar-refractivity contribution >= 4 is 29.2 Å². The predicted molar refractivity (Wildman–Crippen MR) is 53.2 cm³/mol. The molecule has 0 aromatic carbocycles. The first kappa shape index (κ1) is 13.0. The lowest BCUT2D eigenvalue weighted by Crippen LogP contribution is -2.55. The molecule has 4 nitrogen and oxygen atoms in total. The van der Waals surface area contributed by atoms with Gasteiger partial charge in [-0.15, -0.1) is 23.2 Å². The van der Waals surface area contributed by atoms with Crippen LogP contribution in [0, 0.1) is 0 Å². The Bertz CT molecular complexity index is 187. The SMILES string of the molecule is C[C@@](N)(C(=O)O)C(Cl)C(Cl)CCN. The third kappa shape index (κ3) is 3.31. The van der Waals surface area contributed by atoms with Gasteiger partial charge in [0.25, 0.3) is 0 Å². The monoisotopic (exact) mass is 228 g/mol. The average Bonchev–Trinajstić information content (AvgIpc) is 2.03. The topological polar surface area (TPSA) is 89.3 Å². The van der Waals surface area contributed by atoms with Crippen LogP contribution in [0.1, 0.15) is 13.3 Å². The number of rotatable bonds is 5. The van der Waals surface area contributed by atoms with Crippen LogP contribution in [0.2, 0.25) is 0 Å². The van der Waals surface area contributed by atoms with Gasteiger partial charge in [0.2, 0.25) is 0 Å². The van der Waals surface area contributed by atoms with Crippen molar-refractivity contribution in [3.63, 3.8) is 0 Å². The summed E-state index contributed by atoms with van der Waals surface area (Å²) in [7, 11) is 0. The van der Waals surface area contributed by atoms with E-state index in [9.17, 15) is 4.79 Å². The zero-order chi connectivity index (χ0) is 10.6. The van der Waals surface area contributed by atoms with Crippen molar-refractivity contribution in [1.82, 2.24) is 0 Å². The van der Waals surface area contributed by atoms with Crippen LogP contribution in [-0.4, -0.2) is 33.9 Å². The van der Waals surface area contributed by atoms with Gasteiger partial charge in [-0.25, -0.2) is 0 Å². The molecule has 3 atom stereocenters. The second-order valence-corrected chi connectivity index (χ2v) is 4.11. The van der Waals surface area contributed by atoms with E-state index in [0.29, 0.717) is 13.0 Å². The molecule has 0 aromatic rings. The molecule has 0 amide bonds. The normalized spacial score (nSPS) is 20.4. The minimum absolute atomic E-state index is 0.354. The van der Waals surface area contributed by atoms with Crippen LogP contribution in [-0.2, 0) is 4.79 Å². The van der Waals surface area contributed by atoms with E-state index in [1.54, 1.807) is 0 Å². The van der Waals surface area contributed by atoms with Gasteiger partial charge >= 0.3 is 5.97 Å². The Labute approximate surface area is 87.2 Å². The zero-order valence-corrected chi connectivity index (χ0v) is 8.85. The average molecular weight is 229 g/mol. The molecule has 0 fully saturated rings. The molecule has 0 bridgehead atoms. The molecule has 0 spiro atoms. The standard InChI is InChI=1S/C7H14Cl2N2O2/c1-7(11,6(12)13)5(9)4(8)2-3-10/h4-5H,2-3,10-11H2,1H3,(H,12,13)/t4?,5?,7-/m0/s1. The molecular weight excluding hydrogens is 215 g/mol. The van der Waals surface area contributed by atoms with Crippen LogP contribution >= 0.6 is 23.2 Å². The summed E-state index contributed by atoms with van der Waals surface area (Å²) in [6.07, 6.45) is 0.440. The van der Waals surface area contributed by atoms with Crippen molar-refractivity contribution in [1.29, 1.82) is 0 Å². The van der Waals surface area contributed by atoms with E-state index in [0.717, 1.165) is 0 Å². The summed E-state index contributed by atoms with van der Waals surface area (Å²) in [5.74, 6) is -1.17. The molecular formula is C7H14Cl2N2O2. The smallest absolute Gasteiger partial charge is 0.324 e. The maximum atomic E-state index is 10.7. The number of hydrogen-bond acceptors (Lipinski definition) is 3. The number of halogens is 2. The van der Waals surface area contributed by atoms with Crippen molar-refractivity contribution < 1.29 is 9.90 Å². The highest BCUT2D eigenvalue weighted by Crippen LogP contribution is 2.23. The first-order chi connectivity index (χ1) is 5.84. The molecule has 0 aromatic heterocycles. The van der Waals surface area contributed by atoms with Crippen molar-refractivity contribution in [3.05, 3.63) is 0 Å². The second-order valence-electron chi connectivity index (χ2n) is 3.08. The van der Waals surface area contributed by atoms with Gasteiger partial charge in [-0.05, 0) is 19.9 Å². The van der Waals surface area contributed by atoms with Crippen LogP contribution in [0.25, 0.3) is 0 Å². The molecule has 0 saturated heterocycles. The molecule has 0 aliphatic carbocycles.